The van der Waals surface area contributed by atoms with Crippen molar-refractivity contribution >= 4 is 60.4 Å². The van der Waals surface area contributed by atoms with Crippen molar-refractivity contribution in [3.63, 3.8) is 0 Å². The van der Waals surface area contributed by atoms with Crippen molar-refractivity contribution < 1.29 is 0 Å². The fraction of sp³-hybridized carbons (Fsp3) is 0.279. The molecular formula is C61H62N2. The Bertz CT molecular complexity index is 3250. The highest BCUT2D eigenvalue weighted by molar-refractivity contribution is 6.13. The van der Waals surface area contributed by atoms with Crippen LogP contribution in [-0.4, -0.2) is 4.57 Å². The van der Waals surface area contributed by atoms with E-state index in [1.807, 2.05) is 0 Å². The summed E-state index contributed by atoms with van der Waals surface area (Å²) < 4.78 is 2.48. The van der Waals surface area contributed by atoms with E-state index in [9.17, 15) is 0 Å². The van der Waals surface area contributed by atoms with Crippen LogP contribution in [0.4, 0.5) is 17.1 Å². The molecule has 0 fully saturated rings. The van der Waals surface area contributed by atoms with E-state index in [0.717, 1.165) is 0 Å². The Morgan fingerprint density at radius 2 is 0.810 bits per heavy atom. The number of aromatic nitrogens is 1. The first-order valence-electron chi connectivity index (χ1n) is 22.9. The second-order valence-electron chi connectivity index (χ2n) is 22.5. The van der Waals surface area contributed by atoms with Gasteiger partial charge in [0, 0.05) is 33.5 Å². The third-order valence-electron chi connectivity index (χ3n) is 13.8. The van der Waals surface area contributed by atoms with Crippen LogP contribution in [0.2, 0.25) is 0 Å². The van der Waals surface area contributed by atoms with Crippen LogP contribution in [0.1, 0.15) is 111 Å². The largest absolute Gasteiger partial charge is 0.310 e. The summed E-state index contributed by atoms with van der Waals surface area (Å²) >= 11 is 0. The summed E-state index contributed by atoms with van der Waals surface area (Å²) in [4.78, 5) is 2.48. The molecule has 1 heterocycles. The molecule has 0 amide bonds. The smallest absolute Gasteiger partial charge is 0.0541 e. The van der Waals surface area contributed by atoms with Gasteiger partial charge in [-0.2, -0.15) is 0 Å². The van der Waals surface area contributed by atoms with Crippen molar-refractivity contribution in [2.75, 3.05) is 4.90 Å². The molecule has 0 aliphatic heterocycles. The van der Waals surface area contributed by atoms with Crippen molar-refractivity contribution in [2.24, 2.45) is 0 Å². The maximum Gasteiger partial charge on any atom is 0.0541 e. The van der Waals surface area contributed by atoms with Crippen molar-refractivity contribution in [3.8, 4) is 27.9 Å². The molecule has 8 aromatic carbocycles. The number of benzene rings is 8. The summed E-state index contributed by atoms with van der Waals surface area (Å²) in [5.74, 6) is 0. The number of aryl methyl sites for hydroxylation is 1. The van der Waals surface area contributed by atoms with E-state index < -0.39 is 0 Å². The molecule has 0 saturated carbocycles. The van der Waals surface area contributed by atoms with Crippen LogP contribution >= 0.6 is 0 Å². The molecule has 2 nitrogen and oxygen atoms in total. The molecule has 0 N–H and O–H groups in total. The van der Waals surface area contributed by atoms with Gasteiger partial charge in [-0.15, -0.1) is 0 Å². The standard InChI is InChI=1S/C61H62N2/c1-37-17-20-45(61(11,12)13)36-57(37)62(46-16-14-15-42(33-46)58(2,3)4)47-23-18-38-29-49-50-30-39-19-24-48(28-41(39)32-52(50)51(49)31-40(38)27-47)63-55-25-21-43(59(5,6)7)34-53(55)54-35-44(60(8,9)10)22-26-56(54)63/h14-36H,1-13H3. The van der Waals surface area contributed by atoms with Crippen LogP contribution in [-0.2, 0) is 21.7 Å². The third kappa shape index (κ3) is 6.94. The average molecular weight is 823 g/mol. The van der Waals surface area contributed by atoms with E-state index in [0.29, 0.717) is 0 Å². The number of anilines is 3. The minimum Gasteiger partial charge on any atom is -0.310 e. The molecule has 1 aliphatic rings. The Balaban J connectivity index is 1.09. The summed E-state index contributed by atoms with van der Waals surface area (Å²) in [7, 11) is 0. The number of hydrogen-bond acceptors (Lipinski definition) is 1. The Labute approximate surface area is 375 Å². The molecule has 0 atom stereocenters. The molecule has 316 valence electrons. The maximum atomic E-state index is 2.48. The Morgan fingerprint density at radius 1 is 0.365 bits per heavy atom. The second kappa shape index (κ2) is 13.9. The van der Waals surface area contributed by atoms with Crippen LogP contribution in [0.5, 0.6) is 0 Å². The van der Waals surface area contributed by atoms with E-state index in [1.54, 1.807) is 0 Å². The zero-order valence-electron chi connectivity index (χ0n) is 39.7. The minimum atomic E-state index is 0.0289. The SMILES string of the molecule is Cc1ccc(C(C)(C)C)cc1N(c1cccc(C(C)(C)C)c1)c1ccc2cc3c(cc2c1)-c1cc2cc(-n4c5ccc(C(C)(C)C)cc5c5cc(C(C)(C)C)ccc54)ccc2cc1-3. The summed E-state index contributed by atoms with van der Waals surface area (Å²) in [5.41, 5.74) is 19.4. The zero-order valence-corrected chi connectivity index (χ0v) is 39.7. The molecule has 1 aliphatic carbocycles. The molecule has 9 aromatic rings. The third-order valence-corrected chi connectivity index (χ3v) is 13.8. The van der Waals surface area contributed by atoms with Crippen LogP contribution in [0.15, 0.2) is 140 Å². The van der Waals surface area contributed by atoms with Crippen LogP contribution in [0, 0.1) is 6.92 Å². The monoisotopic (exact) mass is 822 g/mol. The lowest BCUT2D eigenvalue weighted by Crippen LogP contribution is -2.17. The molecule has 0 radical (unpaired) electrons. The van der Waals surface area contributed by atoms with Crippen LogP contribution < -0.4 is 4.90 Å². The van der Waals surface area contributed by atoms with Gasteiger partial charge in [-0.3, -0.25) is 0 Å². The predicted octanol–water partition coefficient (Wildman–Crippen LogP) is 17.7. The number of hydrogen-bond donors (Lipinski definition) is 0. The summed E-state index contributed by atoms with van der Waals surface area (Å²) in [6.45, 7) is 29.9. The number of rotatable bonds is 4. The molecular weight excluding hydrogens is 761 g/mol. The van der Waals surface area contributed by atoms with E-state index in [1.165, 1.54) is 116 Å². The highest BCUT2D eigenvalue weighted by Crippen LogP contribution is 2.51. The van der Waals surface area contributed by atoms with E-state index in [2.05, 4.69) is 239 Å². The van der Waals surface area contributed by atoms with Crippen molar-refractivity contribution in [1.29, 1.82) is 0 Å². The summed E-state index contributed by atoms with van der Waals surface area (Å²) in [5, 5.41) is 7.68. The minimum absolute atomic E-state index is 0.0289. The Hall–Kier alpha value is -6.12. The van der Waals surface area contributed by atoms with Crippen molar-refractivity contribution in [2.45, 2.75) is 112 Å². The van der Waals surface area contributed by atoms with Crippen molar-refractivity contribution in [1.82, 2.24) is 4.57 Å². The van der Waals surface area contributed by atoms with Gasteiger partial charge in [0.1, 0.15) is 0 Å². The van der Waals surface area contributed by atoms with E-state index in [-0.39, 0.29) is 21.7 Å². The van der Waals surface area contributed by atoms with E-state index >= 15 is 0 Å². The molecule has 10 rings (SSSR count). The normalized spacial score (nSPS) is 13.2. The fourth-order valence-electron chi connectivity index (χ4n) is 9.77. The molecule has 63 heavy (non-hydrogen) atoms. The highest BCUT2D eigenvalue weighted by atomic mass is 15.1. The van der Waals surface area contributed by atoms with Gasteiger partial charge in [-0.05, 0) is 191 Å². The van der Waals surface area contributed by atoms with Crippen molar-refractivity contribution in [3.05, 3.63) is 167 Å². The Morgan fingerprint density at radius 3 is 1.35 bits per heavy atom. The molecule has 0 spiro atoms. The number of nitrogens with zero attached hydrogens (tertiary/aromatic N) is 2. The average Bonchev–Trinajstić information content (AvgIpc) is 3.55. The lowest BCUT2D eigenvalue weighted by Gasteiger charge is -2.31. The molecule has 0 saturated heterocycles. The lowest BCUT2D eigenvalue weighted by molar-refractivity contribution is 0.590. The second-order valence-corrected chi connectivity index (χ2v) is 22.5. The first-order chi connectivity index (χ1) is 29.6. The first-order valence-corrected chi connectivity index (χ1v) is 22.9. The predicted molar refractivity (Wildman–Crippen MR) is 274 cm³/mol. The highest BCUT2D eigenvalue weighted by Gasteiger charge is 2.27. The van der Waals surface area contributed by atoms with Gasteiger partial charge in [-0.1, -0.05) is 132 Å². The van der Waals surface area contributed by atoms with Gasteiger partial charge < -0.3 is 9.47 Å². The lowest BCUT2D eigenvalue weighted by atomic mass is 9.78. The van der Waals surface area contributed by atoms with Gasteiger partial charge in [0.25, 0.3) is 0 Å². The Kier molecular flexibility index (Phi) is 9.05. The summed E-state index contributed by atoms with van der Waals surface area (Å²) in [6.07, 6.45) is 0. The fourth-order valence-corrected chi connectivity index (χ4v) is 9.77. The van der Waals surface area contributed by atoms with Crippen LogP contribution in [0.25, 0.3) is 71.3 Å². The quantitative estimate of drug-likeness (QED) is 0.172. The van der Waals surface area contributed by atoms with Crippen LogP contribution in [0.3, 0.4) is 0 Å². The van der Waals surface area contributed by atoms with Gasteiger partial charge in [0.05, 0.1) is 11.0 Å². The summed E-state index contributed by atoms with van der Waals surface area (Å²) in [6, 6.07) is 54.1. The molecule has 0 unspecified atom stereocenters. The topological polar surface area (TPSA) is 8.17 Å². The number of fused-ring (bicyclic) bond motifs is 9. The first kappa shape index (κ1) is 40.9. The molecule has 0 bridgehead atoms. The molecule has 2 heteroatoms. The van der Waals surface area contributed by atoms with Gasteiger partial charge in [-0.25, -0.2) is 0 Å². The van der Waals surface area contributed by atoms with Gasteiger partial charge >= 0.3 is 0 Å². The van der Waals surface area contributed by atoms with E-state index in [4.69, 9.17) is 0 Å². The maximum absolute atomic E-state index is 2.48. The van der Waals surface area contributed by atoms with Gasteiger partial charge in [0.2, 0.25) is 0 Å². The zero-order chi connectivity index (χ0) is 44.5. The molecule has 1 aromatic heterocycles. The van der Waals surface area contributed by atoms with Gasteiger partial charge in [0.15, 0.2) is 0 Å².